The maximum atomic E-state index is 12.3. The third-order valence-corrected chi connectivity index (χ3v) is 4.18. The summed E-state index contributed by atoms with van der Waals surface area (Å²) in [4.78, 5) is 23.8. The average molecular weight is 397 g/mol. The molecule has 0 radical (unpaired) electrons. The van der Waals surface area contributed by atoms with Gasteiger partial charge in [-0.1, -0.05) is 36.1 Å². The van der Waals surface area contributed by atoms with Crippen LogP contribution in [0.3, 0.4) is 0 Å². The zero-order valence-electron chi connectivity index (χ0n) is 15.8. The highest BCUT2D eigenvalue weighted by Crippen LogP contribution is 2.13. The Morgan fingerprint density at radius 3 is 2.24 bits per heavy atom. The minimum atomic E-state index is -1.08. The van der Waals surface area contributed by atoms with Crippen LogP contribution < -0.4 is 16.5 Å². The van der Waals surface area contributed by atoms with E-state index >= 15 is 0 Å². The van der Waals surface area contributed by atoms with Gasteiger partial charge in [0.15, 0.2) is 0 Å². The Hall–Kier alpha value is -3.22. The highest BCUT2D eigenvalue weighted by Gasteiger charge is 2.24. The van der Waals surface area contributed by atoms with Crippen LogP contribution >= 0.6 is 0 Å². The maximum absolute atomic E-state index is 12.3. The lowest BCUT2D eigenvalue weighted by Crippen LogP contribution is -2.54. The molecule has 7 N–H and O–H groups in total. The third-order valence-electron chi connectivity index (χ3n) is 4.18. The minimum absolute atomic E-state index is 0.0718. The van der Waals surface area contributed by atoms with Gasteiger partial charge in [0.25, 0.3) is 11.8 Å². The fourth-order valence-corrected chi connectivity index (χ4v) is 2.48. The summed E-state index contributed by atoms with van der Waals surface area (Å²) >= 11 is 0. The Bertz CT molecular complexity index is 899. The zero-order valence-corrected chi connectivity index (χ0v) is 15.8. The van der Waals surface area contributed by atoms with Crippen LogP contribution in [-0.2, 0) is 11.4 Å². The van der Waals surface area contributed by atoms with Crippen molar-refractivity contribution >= 4 is 11.8 Å². The van der Waals surface area contributed by atoms with Gasteiger partial charge in [-0.25, -0.2) is 5.48 Å². The van der Waals surface area contributed by atoms with E-state index in [0.717, 1.165) is 5.56 Å². The van der Waals surface area contributed by atoms with Crippen molar-refractivity contribution in [3.63, 3.8) is 0 Å². The molecule has 2 rings (SSSR count). The molecular formula is C21H23N3O5. The molecule has 0 aliphatic rings. The number of carbonyl (C=O) groups is 2. The first-order valence-corrected chi connectivity index (χ1v) is 8.85. The molecule has 0 spiro atoms. The van der Waals surface area contributed by atoms with Gasteiger partial charge in [0.1, 0.15) is 12.1 Å². The molecule has 0 fully saturated rings. The molecule has 0 saturated heterocycles. The van der Waals surface area contributed by atoms with Gasteiger partial charge >= 0.3 is 0 Å². The number of hydrogen-bond donors (Lipinski definition) is 6. The zero-order chi connectivity index (χ0) is 21.4. The summed E-state index contributed by atoms with van der Waals surface area (Å²) in [5.41, 5.74) is 9.35. The van der Waals surface area contributed by atoms with E-state index in [1.807, 2.05) is 0 Å². The predicted octanol–water partition coefficient (Wildman–Crippen LogP) is 0.215. The van der Waals surface area contributed by atoms with Gasteiger partial charge in [0.2, 0.25) is 0 Å². The molecule has 2 aromatic carbocycles. The van der Waals surface area contributed by atoms with Crippen molar-refractivity contribution < 1.29 is 25.0 Å². The summed E-state index contributed by atoms with van der Waals surface area (Å²) < 4.78 is 0. The number of hydroxylamine groups is 1. The summed E-state index contributed by atoms with van der Waals surface area (Å²) in [6, 6.07) is 11.3. The predicted molar refractivity (Wildman–Crippen MR) is 105 cm³/mol. The number of nitrogens with one attached hydrogen (secondary N) is 2. The summed E-state index contributed by atoms with van der Waals surface area (Å²) in [5, 5.41) is 30.4. The summed E-state index contributed by atoms with van der Waals surface area (Å²) in [5.74, 6) is 4.21. The van der Waals surface area contributed by atoms with E-state index in [-0.39, 0.29) is 12.2 Å². The number of amides is 2. The smallest absolute Gasteiger partial charge is 0.267 e. The molecule has 0 saturated carbocycles. The largest absolute Gasteiger partial charge is 0.392 e. The molecule has 0 heterocycles. The molecule has 3 atom stereocenters. The summed E-state index contributed by atoms with van der Waals surface area (Å²) in [6.45, 7) is 1.46. The van der Waals surface area contributed by atoms with Gasteiger partial charge in [-0.05, 0) is 42.3 Å². The Morgan fingerprint density at radius 2 is 1.72 bits per heavy atom. The topological polar surface area (TPSA) is 145 Å². The van der Waals surface area contributed by atoms with Crippen LogP contribution in [0.5, 0.6) is 0 Å². The van der Waals surface area contributed by atoms with Crippen LogP contribution in [0.1, 0.15) is 40.1 Å². The van der Waals surface area contributed by atoms with E-state index < -0.39 is 30.0 Å². The van der Waals surface area contributed by atoms with Crippen molar-refractivity contribution in [3.8, 4) is 11.8 Å². The highest BCUT2D eigenvalue weighted by molar-refractivity contribution is 5.97. The number of nitrogens with two attached hydrogens (primary N) is 1. The number of aliphatic hydroxyl groups is 2. The number of hydrogen-bond acceptors (Lipinski definition) is 6. The van der Waals surface area contributed by atoms with Crippen molar-refractivity contribution in [1.82, 2.24) is 10.8 Å². The first-order chi connectivity index (χ1) is 13.8. The Labute approximate surface area is 168 Å². The van der Waals surface area contributed by atoms with E-state index in [1.54, 1.807) is 36.4 Å². The monoisotopic (exact) mass is 397 g/mol. The summed E-state index contributed by atoms with van der Waals surface area (Å²) in [6.07, 6.45) is -0.991. The molecular weight excluding hydrogens is 374 g/mol. The molecule has 0 aromatic heterocycles. The number of carbonyl (C=O) groups excluding carboxylic acids is 2. The molecule has 1 unspecified atom stereocenters. The van der Waals surface area contributed by atoms with Crippen LogP contribution in [0.4, 0.5) is 0 Å². The first-order valence-electron chi connectivity index (χ1n) is 8.85. The van der Waals surface area contributed by atoms with Gasteiger partial charge in [0, 0.05) is 17.2 Å². The molecule has 8 heteroatoms. The average Bonchev–Trinajstić information content (AvgIpc) is 2.75. The molecule has 152 valence electrons. The van der Waals surface area contributed by atoms with E-state index in [1.165, 1.54) is 24.5 Å². The maximum Gasteiger partial charge on any atom is 0.267 e. The summed E-state index contributed by atoms with van der Waals surface area (Å²) in [7, 11) is 0. The molecule has 29 heavy (non-hydrogen) atoms. The first kappa shape index (κ1) is 22.1. The van der Waals surface area contributed by atoms with E-state index in [0.29, 0.717) is 11.1 Å². The van der Waals surface area contributed by atoms with Crippen LogP contribution in [-0.4, -0.2) is 39.3 Å². The molecule has 0 aliphatic carbocycles. The molecule has 2 amide bonds. The number of aliphatic hydroxyl groups excluding tert-OH is 2. The van der Waals surface area contributed by atoms with Crippen LogP contribution in [0.25, 0.3) is 0 Å². The highest BCUT2D eigenvalue weighted by atomic mass is 16.5. The Balaban J connectivity index is 2.05. The molecule has 0 bridgehead atoms. The van der Waals surface area contributed by atoms with Gasteiger partial charge in [0.05, 0.1) is 6.61 Å². The Morgan fingerprint density at radius 1 is 1.10 bits per heavy atom. The SMILES string of the molecule is C[C@@H](N)[C@H](NC(=O)c1ccc(C#CC(O)c2ccc(CO)cc2)cc1)C(=O)NO. The lowest BCUT2D eigenvalue weighted by molar-refractivity contribution is -0.131. The standard InChI is InChI=1S/C21H23N3O5/c1-13(22)19(21(28)24-29)23-20(27)17-9-2-14(3-10-17)6-11-18(26)16-7-4-15(12-25)5-8-16/h2-5,7-10,13,18-19,25-26,29H,12,22H2,1H3,(H,23,27)(H,24,28)/t13-,18?,19+/m1/s1. The van der Waals surface area contributed by atoms with E-state index in [2.05, 4.69) is 17.2 Å². The molecule has 2 aromatic rings. The fourth-order valence-electron chi connectivity index (χ4n) is 2.48. The molecule has 0 aliphatic heterocycles. The van der Waals surface area contributed by atoms with Crippen molar-refractivity contribution in [2.45, 2.75) is 31.7 Å². The number of benzene rings is 2. The lowest BCUT2D eigenvalue weighted by atomic mass is 10.1. The minimum Gasteiger partial charge on any atom is -0.392 e. The van der Waals surface area contributed by atoms with Crippen LogP contribution in [0.15, 0.2) is 48.5 Å². The van der Waals surface area contributed by atoms with Crippen molar-refractivity contribution in [2.24, 2.45) is 5.73 Å². The van der Waals surface area contributed by atoms with Crippen LogP contribution in [0, 0.1) is 11.8 Å². The van der Waals surface area contributed by atoms with Crippen LogP contribution in [0.2, 0.25) is 0 Å². The van der Waals surface area contributed by atoms with Crippen molar-refractivity contribution in [2.75, 3.05) is 0 Å². The van der Waals surface area contributed by atoms with E-state index in [9.17, 15) is 14.7 Å². The number of rotatable bonds is 6. The van der Waals surface area contributed by atoms with Gasteiger partial charge in [-0.15, -0.1) is 0 Å². The second-order valence-corrected chi connectivity index (χ2v) is 6.44. The second-order valence-electron chi connectivity index (χ2n) is 6.44. The van der Waals surface area contributed by atoms with Gasteiger partial charge in [-0.2, -0.15) is 0 Å². The van der Waals surface area contributed by atoms with Crippen molar-refractivity contribution in [1.29, 1.82) is 0 Å². The fraction of sp³-hybridized carbons (Fsp3) is 0.238. The quantitative estimate of drug-likeness (QED) is 0.234. The van der Waals surface area contributed by atoms with E-state index in [4.69, 9.17) is 16.0 Å². The van der Waals surface area contributed by atoms with Gasteiger partial charge < -0.3 is 21.3 Å². The lowest BCUT2D eigenvalue weighted by Gasteiger charge is -2.20. The van der Waals surface area contributed by atoms with Crippen molar-refractivity contribution in [3.05, 3.63) is 70.8 Å². The normalized spacial score (nSPS) is 13.4. The third kappa shape index (κ3) is 6.14. The Kier molecular flexibility index (Phi) is 7.88. The van der Waals surface area contributed by atoms with Gasteiger partial charge in [-0.3, -0.25) is 14.8 Å². The molecule has 8 nitrogen and oxygen atoms in total. The second kappa shape index (κ2) is 10.4.